The molecule has 0 aliphatic rings. The van der Waals surface area contributed by atoms with Gasteiger partial charge in [-0.1, -0.05) is 70.5 Å². The summed E-state index contributed by atoms with van der Waals surface area (Å²) in [7, 11) is 0. The summed E-state index contributed by atoms with van der Waals surface area (Å²) in [6, 6.07) is 29.6. The fourth-order valence-electron chi connectivity index (χ4n) is 3.20. The van der Waals surface area contributed by atoms with Crippen LogP contribution in [0.4, 0.5) is 5.82 Å². The van der Waals surface area contributed by atoms with Gasteiger partial charge in [-0.2, -0.15) is 5.26 Å². The van der Waals surface area contributed by atoms with E-state index in [2.05, 4.69) is 27.0 Å². The molecule has 0 aliphatic heterocycles. The summed E-state index contributed by atoms with van der Waals surface area (Å²) < 4.78 is 6.90. The predicted octanol–water partition coefficient (Wildman–Crippen LogP) is 6.21. The van der Waals surface area contributed by atoms with Gasteiger partial charge in [-0.05, 0) is 41.5 Å². The molecular weight excluding hydrogens is 438 g/mol. The van der Waals surface area contributed by atoms with Crippen LogP contribution in [0.3, 0.4) is 0 Å². The summed E-state index contributed by atoms with van der Waals surface area (Å²) in [6.07, 6.45) is 0. The van der Waals surface area contributed by atoms with Crippen LogP contribution in [0.1, 0.15) is 11.1 Å². The number of ether oxygens (including phenoxy) is 1. The summed E-state index contributed by atoms with van der Waals surface area (Å²) in [6.45, 7) is 0.469. The highest BCUT2D eigenvalue weighted by Gasteiger charge is 2.14. The number of aromatic nitrogens is 1. The lowest BCUT2D eigenvalue weighted by Crippen LogP contribution is -2.00. The topological polar surface area (TPSA) is 71.9 Å². The molecule has 0 unspecified atom stereocenters. The fourth-order valence-corrected chi connectivity index (χ4v) is 3.60. The predicted molar refractivity (Wildman–Crippen MR) is 123 cm³/mol. The van der Waals surface area contributed by atoms with Crippen LogP contribution in [-0.2, 0) is 6.61 Å². The zero-order valence-electron chi connectivity index (χ0n) is 16.0. The molecule has 0 fully saturated rings. The van der Waals surface area contributed by atoms with E-state index in [1.54, 1.807) is 0 Å². The lowest BCUT2D eigenvalue weighted by Gasteiger charge is -2.12. The Bertz CT molecular complexity index is 1230. The zero-order chi connectivity index (χ0) is 20.9. The SMILES string of the molecule is N#Cc1c(-c2cccc(OCc3ccccc3)c2)cc(-c2cccc(Br)c2)nc1N. The smallest absolute Gasteiger partial charge is 0.142 e. The first kappa shape index (κ1) is 19.7. The lowest BCUT2D eigenvalue weighted by atomic mass is 9.98. The quantitative estimate of drug-likeness (QED) is 0.388. The lowest BCUT2D eigenvalue weighted by molar-refractivity contribution is 0.306. The van der Waals surface area contributed by atoms with Crippen molar-refractivity contribution in [2.75, 3.05) is 5.73 Å². The van der Waals surface area contributed by atoms with Crippen molar-refractivity contribution in [2.24, 2.45) is 0 Å². The van der Waals surface area contributed by atoms with Crippen LogP contribution in [0, 0.1) is 11.3 Å². The van der Waals surface area contributed by atoms with Gasteiger partial charge in [0.1, 0.15) is 29.8 Å². The third-order valence-corrected chi connectivity index (χ3v) is 5.17. The highest BCUT2D eigenvalue weighted by molar-refractivity contribution is 9.10. The summed E-state index contributed by atoms with van der Waals surface area (Å²) in [5.41, 5.74) is 10.8. The monoisotopic (exact) mass is 455 g/mol. The van der Waals surface area contributed by atoms with Crippen LogP contribution in [-0.4, -0.2) is 4.98 Å². The fraction of sp³-hybridized carbons (Fsp3) is 0.0400. The Balaban J connectivity index is 1.71. The molecule has 4 aromatic rings. The third-order valence-electron chi connectivity index (χ3n) is 4.67. The summed E-state index contributed by atoms with van der Waals surface area (Å²) in [5.74, 6) is 0.931. The van der Waals surface area contributed by atoms with Crippen LogP contribution in [0.2, 0.25) is 0 Å². The molecule has 5 heteroatoms. The molecule has 0 amide bonds. The van der Waals surface area contributed by atoms with Gasteiger partial charge in [0.15, 0.2) is 0 Å². The van der Waals surface area contributed by atoms with Crippen molar-refractivity contribution in [3.05, 3.63) is 101 Å². The van der Waals surface area contributed by atoms with Gasteiger partial charge in [-0.3, -0.25) is 0 Å². The summed E-state index contributed by atoms with van der Waals surface area (Å²) in [4.78, 5) is 4.44. The van der Waals surface area contributed by atoms with Crippen LogP contribution >= 0.6 is 15.9 Å². The number of hydrogen-bond donors (Lipinski definition) is 1. The van der Waals surface area contributed by atoms with Crippen LogP contribution in [0.15, 0.2) is 89.4 Å². The van der Waals surface area contributed by atoms with Gasteiger partial charge in [0, 0.05) is 15.6 Å². The molecule has 0 atom stereocenters. The molecule has 0 aliphatic carbocycles. The Kier molecular flexibility index (Phi) is 5.78. The Hall–Kier alpha value is -3.62. The molecule has 146 valence electrons. The van der Waals surface area contributed by atoms with E-state index in [-0.39, 0.29) is 5.82 Å². The molecule has 0 saturated carbocycles. The maximum absolute atomic E-state index is 9.68. The zero-order valence-corrected chi connectivity index (χ0v) is 17.6. The standard InChI is InChI=1S/C25H18BrN3O/c26-20-10-4-9-19(12-20)24-14-22(23(15-27)25(28)29-24)18-8-5-11-21(13-18)30-16-17-6-2-1-3-7-17/h1-14H,16H2,(H2,28,29). The van der Waals surface area contributed by atoms with Gasteiger partial charge in [0.2, 0.25) is 0 Å². The molecule has 3 aromatic carbocycles. The number of rotatable bonds is 5. The molecule has 0 bridgehead atoms. The van der Waals surface area contributed by atoms with E-state index in [4.69, 9.17) is 10.5 Å². The second-order valence-electron chi connectivity index (χ2n) is 6.74. The van der Waals surface area contributed by atoms with E-state index in [0.717, 1.165) is 32.5 Å². The minimum absolute atomic E-state index is 0.209. The molecule has 0 saturated heterocycles. The van der Waals surface area contributed by atoms with Gasteiger partial charge in [0.25, 0.3) is 0 Å². The number of nitrogen functional groups attached to an aromatic ring is 1. The first-order chi connectivity index (χ1) is 14.6. The van der Waals surface area contributed by atoms with Crippen molar-refractivity contribution in [1.82, 2.24) is 4.98 Å². The number of nitriles is 1. The minimum atomic E-state index is 0.209. The number of pyridine rings is 1. The molecule has 2 N–H and O–H groups in total. The molecule has 1 heterocycles. The van der Waals surface area contributed by atoms with Crippen molar-refractivity contribution >= 4 is 21.7 Å². The third kappa shape index (κ3) is 4.35. The maximum atomic E-state index is 9.68. The highest BCUT2D eigenvalue weighted by atomic mass is 79.9. The second-order valence-corrected chi connectivity index (χ2v) is 7.66. The van der Waals surface area contributed by atoms with E-state index in [1.165, 1.54) is 0 Å². The van der Waals surface area contributed by atoms with Gasteiger partial charge < -0.3 is 10.5 Å². The van der Waals surface area contributed by atoms with Gasteiger partial charge in [-0.15, -0.1) is 0 Å². The Morgan fingerprint density at radius 1 is 0.900 bits per heavy atom. The number of nitrogens with two attached hydrogens (primary N) is 1. The number of benzene rings is 3. The normalized spacial score (nSPS) is 10.4. The van der Waals surface area contributed by atoms with Gasteiger partial charge in [-0.25, -0.2) is 4.98 Å². The molecular formula is C25H18BrN3O. The highest BCUT2D eigenvalue weighted by Crippen LogP contribution is 2.33. The first-order valence-corrected chi connectivity index (χ1v) is 10.2. The Labute approximate surface area is 183 Å². The summed E-state index contributed by atoms with van der Waals surface area (Å²) >= 11 is 3.49. The molecule has 4 nitrogen and oxygen atoms in total. The Morgan fingerprint density at radius 2 is 1.67 bits per heavy atom. The van der Waals surface area contributed by atoms with Gasteiger partial charge in [0.05, 0.1) is 5.69 Å². The van der Waals surface area contributed by atoms with Crippen molar-refractivity contribution in [3.63, 3.8) is 0 Å². The van der Waals surface area contributed by atoms with Crippen LogP contribution in [0.5, 0.6) is 5.75 Å². The maximum Gasteiger partial charge on any atom is 0.142 e. The number of halogens is 1. The van der Waals surface area contributed by atoms with Crippen LogP contribution in [0.25, 0.3) is 22.4 Å². The van der Waals surface area contributed by atoms with E-state index < -0.39 is 0 Å². The molecule has 1 aromatic heterocycles. The number of anilines is 1. The number of nitrogens with zero attached hydrogens (tertiary/aromatic N) is 2. The van der Waals surface area contributed by atoms with E-state index in [0.29, 0.717) is 17.9 Å². The second kappa shape index (κ2) is 8.81. The van der Waals surface area contributed by atoms with Crippen molar-refractivity contribution < 1.29 is 4.74 Å². The van der Waals surface area contributed by atoms with Crippen molar-refractivity contribution in [1.29, 1.82) is 5.26 Å². The van der Waals surface area contributed by atoms with E-state index in [1.807, 2.05) is 84.9 Å². The van der Waals surface area contributed by atoms with E-state index in [9.17, 15) is 5.26 Å². The number of hydrogen-bond acceptors (Lipinski definition) is 4. The minimum Gasteiger partial charge on any atom is -0.489 e. The first-order valence-electron chi connectivity index (χ1n) is 9.38. The van der Waals surface area contributed by atoms with E-state index >= 15 is 0 Å². The Morgan fingerprint density at radius 3 is 2.43 bits per heavy atom. The molecule has 30 heavy (non-hydrogen) atoms. The van der Waals surface area contributed by atoms with Crippen LogP contribution < -0.4 is 10.5 Å². The molecule has 0 radical (unpaired) electrons. The molecule has 0 spiro atoms. The van der Waals surface area contributed by atoms with Gasteiger partial charge >= 0.3 is 0 Å². The average molecular weight is 456 g/mol. The summed E-state index contributed by atoms with van der Waals surface area (Å²) in [5, 5.41) is 9.68. The van der Waals surface area contributed by atoms with Crippen molar-refractivity contribution in [3.8, 4) is 34.2 Å². The van der Waals surface area contributed by atoms with Crippen molar-refractivity contribution in [2.45, 2.75) is 6.61 Å². The molecule has 4 rings (SSSR count). The largest absolute Gasteiger partial charge is 0.489 e. The average Bonchev–Trinajstić information content (AvgIpc) is 2.78.